The fourth-order valence-electron chi connectivity index (χ4n) is 11.6. The van der Waals surface area contributed by atoms with Gasteiger partial charge in [0, 0.05) is 51.6 Å². The van der Waals surface area contributed by atoms with Gasteiger partial charge in [-0.25, -0.2) is 19.6 Å². The smallest absolute Gasteiger partial charge is 0.343 e. The van der Waals surface area contributed by atoms with E-state index in [1.807, 2.05) is 72.8 Å². The van der Waals surface area contributed by atoms with Gasteiger partial charge in [-0.15, -0.1) is 11.6 Å². The number of nitrogens with zero attached hydrogens (tertiary/aromatic N) is 4. The van der Waals surface area contributed by atoms with E-state index in [0.717, 1.165) is 82.0 Å². The SMILES string of the molecule is CC[C@@]1(O)C(=O)OCc2c1cc1n(c2=O)Cc2c-1nc1ccccc1c2CC[Si](C)(C)CCl.CC[C@@]1(O)C(=O)OCc2c1cc1n(c2=O)Cc2c-1nc1ccccc1c2CC[Si](C)(C)CNCc1ccccc1.NCc1ccccc1. The van der Waals surface area contributed by atoms with Crippen LogP contribution in [0.5, 0.6) is 0 Å². The lowest BCUT2D eigenvalue weighted by atomic mass is 9.86. The summed E-state index contributed by atoms with van der Waals surface area (Å²) in [5.74, 6) is -1.41. The van der Waals surface area contributed by atoms with Crippen LogP contribution in [-0.4, -0.2) is 69.1 Å². The summed E-state index contributed by atoms with van der Waals surface area (Å²) >= 11 is 6.25. The fourth-order valence-corrected chi connectivity index (χ4v) is 15.0. The van der Waals surface area contributed by atoms with Gasteiger partial charge in [0.2, 0.25) is 0 Å². The largest absolute Gasteiger partial charge is 0.458 e. The van der Waals surface area contributed by atoms with Gasteiger partial charge >= 0.3 is 11.9 Å². The zero-order valence-electron chi connectivity index (χ0n) is 47.0. The number of carbonyl (C=O) groups is 2. The number of nitrogens with two attached hydrogens (primary N) is 1. The van der Waals surface area contributed by atoms with Gasteiger partial charge in [-0.3, -0.25) is 9.59 Å². The Morgan fingerprint density at radius 3 is 1.44 bits per heavy atom. The van der Waals surface area contributed by atoms with Crippen LogP contribution in [0.4, 0.5) is 0 Å². The Bertz CT molecular complexity index is 3850. The molecule has 0 radical (unpaired) electrons. The van der Waals surface area contributed by atoms with Crippen LogP contribution in [0, 0.1) is 0 Å². The monoisotopic (exact) mass is 1140 g/mol. The normalized spacial score (nSPS) is 17.6. The van der Waals surface area contributed by atoms with Crippen LogP contribution in [0.1, 0.15) is 82.3 Å². The van der Waals surface area contributed by atoms with Gasteiger partial charge in [0.25, 0.3) is 11.1 Å². The minimum atomic E-state index is -1.83. The van der Waals surface area contributed by atoms with Crippen molar-refractivity contribution in [3.8, 4) is 22.8 Å². The average molecular weight is 1140 g/mol. The highest BCUT2D eigenvalue weighted by Crippen LogP contribution is 2.43. The second-order valence-electron chi connectivity index (χ2n) is 23.3. The van der Waals surface area contributed by atoms with E-state index in [1.54, 1.807) is 35.1 Å². The molecule has 0 aliphatic carbocycles. The number of fused-ring (bicyclic) bond motifs is 10. The molecule has 2 atom stereocenters. The molecule has 14 nitrogen and oxygen atoms in total. The van der Waals surface area contributed by atoms with Gasteiger partial charge in [0.1, 0.15) is 13.2 Å². The number of ether oxygens (including phenoxy) is 2. The first-order chi connectivity index (χ1) is 38.8. The second kappa shape index (κ2) is 23.2. The third kappa shape index (κ3) is 11.0. The average Bonchev–Trinajstić information content (AvgIpc) is 3.96. The quantitative estimate of drug-likeness (QED) is 0.0457. The Balaban J connectivity index is 0.000000162. The third-order valence-corrected chi connectivity index (χ3v) is 24.1. The number of aryl methyl sites for hydroxylation is 2. The molecule has 4 aliphatic heterocycles. The Labute approximate surface area is 479 Å². The van der Waals surface area contributed by atoms with Crippen molar-refractivity contribution in [2.75, 3.05) is 11.7 Å². The lowest BCUT2D eigenvalue weighted by molar-refractivity contribution is -0.172. The van der Waals surface area contributed by atoms with E-state index in [2.05, 4.69) is 67.9 Å². The van der Waals surface area contributed by atoms with Crippen LogP contribution in [0.25, 0.3) is 44.6 Å². The number of aromatic nitrogens is 4. The molecule has 0 spiro atoms. The summed E-state index contributed by atoms with van der Waals surface area (Å²) in [6.45, 7) is 15.0. The highest BCUT2D eigenvalue weighted by molar-refractivity contribution is 6.83. The summed E-state index contributed by atoms with van der Waals surface area (Å²) in [6, 6.07) is 42.4. The van der Waals surface area contributed by atoms with Gasteiger partial charge in [-0.2, -0.15) is 0 Å². The first-order valence-corrected chi connectivity index (χ1v) is 35.4. The topological polar surface area (TPSA) is 201 Å². The summed E-state index contributed by atoms with van der Waals surface area (Å²) in [7, 11) is -3.13. The molecule has 81 heavy (non-hydrogen) atoms. The second-order valence-corrected chi connectivity index (χ2v) is 34.4. The number of para-hydroxylation sites is 2. The number of carbonyl (C=O) groups excluding carboxylic acids is 2. The molecule has 420 valence electrons. The van der Waals surface area contributed by atoms with Crippen LogP contribution in [0.15, 0.2) is 131 Å². The van der Waals surface area contributed by atoms with Crippen molar-refractivity contribution < 1.29 is 29.3 Å². The zero-order valence-corrected chi connectivity index (χ0v) is 49.8. The molecule has 8 heterocycles. The van der Waals surface area contributed by atoms with Crippen LogP contribution in [0.2, 0.25) is 38.3 Å². The van der Waals surface area contributed by atoms with Crippen LogP contribution in [-0.2, 0) is 82.5 Å². The minimum absolute atomic E-state index is 0.121. The number of aliphatic hydroxyl groups is 2. The van der Waals surface area contributed by atoms with E-state index in [9.17, 15) is 29.4 Å². The summed E-state index contributed by atoms with van der Waals surface area (Å²) in [4.78, 5) is 62.0. The van der Waals surface area contributed by atoms with Gasteiger partial charge in [0.05, 0.1) is 74.2 Å². The molecule has 8 aromatic rings. The third-order valence-electron chi connectivity index (χ3n) is 16.7. The van der Waals surface area contributed by atoms with E-state index < -0.39 is 39.3 Å². The summed E-state index contributed by atoms with van der Waals surface area (Å²) in [5, 5.41) is 28.2. The van der Waals surface area contributed by atoms with Crippen molar-refractivity contribution in [1.29, 1.82) is 0 Å². The molecule has 0 fully saturated rings. The number of hydrogen-bond donors (Lipinski definition) is 4. The number of pyridine rings is 4. The number of alkyl halides is 1. The number of nitrogens with one attached hydrogen (secondary N) is 1. The van der Waals surface area contributed by atoms with Crippen LogP contribution >= 0.6 is 11.6 Å². The van der Waals surface area contributed by atoms with E-state index in [1.165, 1.54) is 22.3 Å². The minimum Gasteiger partial charge on any atom is -0.458 e. The maximum atomic E-state index is 13.7. The lowest BCUT2D eigenvalue weighted by Gasteiger charge is -2.31. The summed E-state index contributed by atoms with van der Waals surface area (Å²) in [5.41, 5.74) is 15.0. The van der Waals surface area contributed by atoms with E-state index in [-0.39, 0.29) is 37.2 Å². The van der Waals surface area contributed by atoms with E-state index in [0.29, 0.717) is 58.8 Å². The standard InChI is InChI=1S/C32H35N3O4Si.C25H27ClN2O4Si.C7H9N/c1-4-32(38)26-16-28-29-24(18-35(28)30(36)25(26)19-39-31(32)37)22(23-12-8-9-13-27(23)34-29)14-15-40(2,3)20-33-17-21-10-6-5-7-11-21;1-4-25(31)19-11-21-22-17(12-28(21)23(29)18(19)13-32-24(25)30)15(9-10-33(2,3)14-26)16-7-5-6-8-20(16)27-22;8-6-7-4-2-1-3-5-7/h5-13,16,33,38H,4,14-15,17-20H2,1-3H3;5-8,11,31H,4,9-10,12-14H2,1-3H3;1-5H,6,8H2/t32-;25-;/m00./s1. The molecule has 4 aromatic carbocycles. The summed E-state index contributed by atoms with van der Waals surface area (Å²) in [6.07, 6.45) is 3.05. The first-order valence-electron chi connectivity index (χ1n) is 28.0. The molecule has 5 N–H and O–H groups in total. The number of benzene rings is 4. The fraction of sp³-hybridized carbons (Fsp3) is 0.344. The van der Waals surface area contributed by atoms with Crippen LogP contribution < -0.4 is 22.2 Å². The molecule has 0 amide bonds. The first kappa shape index (κ1) is 57.3. The Morgan fingerprint density at radius 2 is 1.02 bits per heavy atom. The Kier molecular flexibility index (Phi) is 16.4. The maximum Gasteiger partial charge on any atom is 0.343 e. The maximum absolute atomic E-state index is 13.7. The van der Waals surface area contributed by atoms with Crippen molar-refractivity contribution in [3.63, 3.8) is 0 Å². The molecule has 17 heteroatoms. The van der Waals surface area contributed by atoms with Crippen molar-refractivity contribution >= 4 is 61.5 Å². The highest BCUT2D eigenvalue weighted by atomic mass is 35.5. The number of rotatable bonds is 14. The lowest BCUT2D eigenvalue weighted by Crippen LogP contribution is -2.44. The molecule has 0 unspecified atom stereocenters. The molecule has 4 aliphatic rings. The van der Waals surface area contributed by atoms with Crippen molar-refractivity contribution in [2.24, 2.45) is 5.73 Å². The highest BCUT2D eigenvalue weighted by Gasteiger charge is 2.47. The van der Waals surface area contributed by atoms with E-state index >= 15 is 0 Å². The van der Waals surface area contributed by atoms with Crippen molar-refractivity contribution in [3.05, 3.63) is 198 Å². The number of halogens is 1. The molecule has 0 saturated heterocycles. The van der Waals surface area contributed by atoms with Gasteiger partial charge in [0.15, 0.2) is 11.2 Å². The van der Waals surface area contributed by atoms with Crippen molar-refractivity contribution in [1.82, 2.24) is 24.4 Å². The van der Waals surface area contributed by atoms with Gasteiger partial charge < -0.3 is 39.9 Å². The summed E-state index contributed by atoms with van der Waals surface area (Å²) < 4.78 is 13.9. The number of esters is 2. The Morgan fingerprint density at radius 1 is 0.605 bits per heavy atom. The van der Waals surface area contributed by atoms with Gasteiger partial charge in [-0.05, 0) is 78.4 Å². The molecular formula is C64H71ClN6O8Si2. The predicted molar refractivity (Wildman–Crippen MR) is 324 cm³/mol. The molecular weight excluding hydrogens is 1070 g/mol. The van der Waals surface area contributed by atoms with Crippen molar-refractivity contribution in [2.45, 2.75) is 128 Å². The zero-order chi connectivity index (χ0) is 57.4. The number of cyclic esters (lactones) is 2. The van der Waals surface area contributed by atoms with Crippen LogP contribution in [0.3, 0.4) is 0 Å². The molecule has 12 rings (SSSR count). The molecule has 4 aromatic heterocycles. The van der Waals surface area contributed by atoms with E-state index in [4.69, 9.17) is 36.8 Å². The predicted octanol–water partition coefficient (Wildman–Crippen LogP) is 9.91. The molecule has 0 saturated carbocycles. The Hall–Kier alpha value is -6.90. The molecule has 0 bridgehead atoms. The number of hydrogen-bond acceptors (Lipinski definition) is 12. The van der Waals surface area contributed by atoms with Gasteiger partial charge in [-0.1, -0.05) is 149 Å².